The topological polar surface area (TPSA) is 41.3 Å². The van der Waals surface area contributed by atoms with E-state index >= 15 is 0 Å². The molecule has 1 aromatic heterocycles. The molecule has 0 saturated heterocycles. The highest BCUT2D eigenvalue weighted by Crippen LogP contribution is 2.45. The fourth-order valence-electron chi connectivity index (χ4n) is 3.01. The van der Waals surface area contributed by atoms with E-state index in [2.05, 4.69) is 51.1 Å². The number of hydrogen-bond donors (Lipinski definition) is 2. The molecule has 5 heteroatoms. The van der Waals surface area contributed by atoms with Gasteiger partial charge >= 0.3 is 0 Å². The Morgan fingerprint density at radius 2 is 2.06 bits per heavy atom. The van der Waals surface area contributed by atoms with Crippen molar-refractivity contribution in [1.82, 2.24) is 10.3 Å². The van der Waals surface area contributed by atoms with E-state index in [0.717, 1.165) is 0 Å². The van der Waals surface area contributed by atoms with E-state index in [-0.39, 0.29) is 11.6 Å². The largest absolute Gasteiger partial charge is 0.302 e. The summed E-state index contributed by atoms with van der Waals surface area (Å²) in [5.41, 5.74) is 4.48. The minimum atomic E-state index is 0.151. The number of thiophene rings is 1. The Kier molecular flexibility index (Phi) is 4.26. The van der Waals surface area contributed by atoms with Crippen LogP contribution in [0, 0.1) is 0 Å². The molecule has 0 aromatic carbocycles. The van der Waals surface area contributed by atoms with Crippen LogP contribution < -0.4 is 11.3 Å². The van der Waals surface area contributed by atoms with Crippen molar-refractivity contribution < 1.29 is 0 Å². The Bertz CT molecular complexity index is 372. The summed E-state index contributed by atoms with van der Waals surface area (Å²) in [6.07, 6.45) is 4.99. The SMILES string of the molecule is CN(C)C1(C(NN)c2cscc2Br)CCCC1. The molecular formula is C12H20BrN3S. The molecule has 0 amide bonds. The number of hydrogen-bond acceptors (Lipinski definition) is 4. The summed E-state index contributed by atoms with van der Waals surface area (Å²) in [4.78, 5) is 2.34. The van der Waals surface area contributed by atoms with Crippen LogP contribution in [0.25, 0.3) is 0 Å². The summed E-state index contributed by atoms with van der Waals surface area (Å²) in [6, 6.07) is 0.195. The second kappa shape index (κ2) is 5.36. The van der Waals surface area contributed by atoms with Crippen molar-refractivity contribution in [1.29, 1.82) is 0 Å². The fourth-order valence-corrected chi connectivity index (χ4v) is 4.56. The number of hydrazine groups is 1. The van der Waals surface area contributed by atoms with Crippen LogP contribution in [-0.2, 0) is 0 Å². The van der Waals surface area contributed by atoms with Gasteiger partial charge in [-0.25, -0.2) is 0 Å². The molecule has 1 saturated carbocycles. The van der Waals surface area contributed by atoms with Crippen molar-refractivity contribution in [2.75, 3.05) is 14.1 Å². The minimum absolute atomic E-state index is 0.151. The van der Waals surface area contributed by atoms with Gasteiger partial charge in [0.15, 0.2) is 0 Å². The van der Waals surface area contributed by atoms with Gasteiger partial charge in [0, 0.05) is 15.4 Å². The first-order valence-corrected chi connectivity index (χ1v) is 7.70. The zero-order chi connectivity index (χ0) is 12.5. The monoisotopic (exact) mass is 317 g/mol. The van der Waals surface area contributed by atoms with Gasteiger partial charge < -0.3 is 4.90 Å². The maximum absolute atomic E-state index is 5.84. The van der Waals surface area contributed by atoms with E-state index in [9.17, 15) is 0 Å². The van der Waals surface area contributed by atoms with E-state index in [1.54, 1.807) is 11.3 Å². The number of nitrogens with zero attached hydrogens (tertiary/aromatic N) is 1. The lowest BCUT2D eigenvalue weighted by Gasteiger charge is -2.43. The lowest BCUT2D eigenvalue weighted by atomic mass is 9.84. The van der Waals surface area contributed by atoms with E-state index in [1.165, 1.54) is 35.7 Å². The molecule has 1 atom stereocenters. The number of nitrogens with two attached hydrogens (primary N) is 1. The van der Waals surface area contributed by atoms with Crippen LogP contribution in [0.2, 0.25) is 0 Å². The van der Waals surface area contributed by atoms with Crippen LogP contribution in [0.3, 0.4) is 0 Å². The number of rotatable bonds is 4. The van der Waals surface area contributed by atoms with E-state index < -0.39 is 0 Å². The molecule has 96 valence electrons. The summed E-state index contributed by atoms with van der Waals surface area (Å²) in [5, 5.41) is 4.32. The normalized spacial score (nSPS) is 21.0. The standard InChI is InChI=1S/C12H20BrN3S/c1-16(2)12(5-3-4-6-12)11(15-14)9-7-17-8-10(9)13/h7-8,11,15H,3-6,14H2,1-2H3. The van der Waals surface area contributed by atoms with Crippen LogP contribution in [-0.4, -0.2) is 24.5 Å². The van der Waals surface area contributed by atoms with Gasteiger partial charge in [-0.05, 0) is 53.8 Å². The average molecular weight is 318 g/mol. The maximum atomic E-state index is 5.84. The van der Waals surface area contributed by atoms with Gasteiger partial charge in [0.2, 0.25) is 0 Å². The molecule has 1 aliphatic carbocycles. The molecule has 17 heavy (non-hydrogen) atoms. The first-order valence-electron chi connectivity index (χ1n) is 5.97. The minimum Gasteiger partial charge on any atom is -0.302 e. The molecule has 0 bridgehead atoms. The van der Waals surface area contributed by atoms with Crippen molar-refractivity contribution in [3.63, 3.8) is 0 Å². The molecule has 1 heterocycles. The lowest BCUT2D eigenvalue weighted by molar-refractivity contribution is 0.104. The Morgan fingerprint density at radius 1 is 1.41 bits per heavy atom. The van der Waals surface area contributed by atoms with Crippen molar-refractivity contribution in [3.8, 4) is 0 Å². The van der Waals surface area contributed by atoms with Crippen LogP contribution in [0.1, 0.15) is 37.3 Å². The van der Waals surface area contributed by atoms with Crippen molar-refractivity contribution in [3.05, 3.63) is 20.8 Å². The summed E-state index contributed by atoms with van der Waals surface area (Å²) in [6.45, 7) is 0. The Hall–Kier alpha value is 0.0600. The fraction of sp³-hybridized carbons (Fsp3) is 0.667. The van der Waals surface area contributed by atoms with Crippen LogP contribution in [0.15, 0.2) is 15.2 Å². The zero-order valence-corrected chi connectivity index (χ0v) is 12.8. The third-order valence-corrected chi connectivity index (χ3v) is 5.77. The van der Waals surface area contributed by atoms with Gasteiger partial charge in [-0.15, -0.1) is 0 Å². The number of likely N-dealkylation sites (N-methyl/N-ethyl adjacent to an activating group) is 1. The molecule has 1 aliphatic rings. The van der Waals surface area contributed by atoms with Gasteiger partial charge in [-0.1, -0.05) is 12.8 Å². The highest BCUT2D eigenvalue weighted by atomic mass is 79.9. The maximum Gasteiger partial charge on any atom is 0.0662 e. The molecule has 3 nitrogen and oxygen atoms in total. The first-order chi connectivity index (χ1) is 8.12. The molecule has 0 spiro atoms. The van der Waals surface area contributed by atoms with Crippen LogP contribution >= 0.6 is 27.3 Å². The van der Waals surface area contributed by atoms with Crippen molar-refractivity contribution in [2.45, 2.75) is 37.3 Å². The quantitative estimate of drug-likeness (QED) is 0.662. The smallest absolute Gasteiger partial charge is 0.0662 e. The van der Waals surface area contributed by atoms with Gasteiger partial charge in [0.1, 0.15) is 0 Å². The lowest BCUT2D eigenvalue weighted by Crippen LogP contribution is -2.53. The molecule has 1 unspecified atom stereocenters. The molecule has 1 fully saturated rings. The highest BCUT2D eigenvalue weighted by molar-refractivity contribution is 9.10. The third-order valence-electron chi connectivity index (χ3n) is 4.02. The predicted octanol–water partition coefficient (Wildman–Crippen LogP) is 2.89. The summed E-state index contributed by atoms with van der Waals surface area (Å²) in [7, 11) is 4.33. The first kappa shape index (κ1) is 13.5. The van der Waals surface area contributed by atoms with Gasteiger partial charge in [-0.2, -0.15) is 11.3 Å². The molecule has 3 N–H and O–H groups in total. The van der Waals surface area contributed by atoms with Crippen molar-refractivity contribution in [2.24, 2.45) is 5.84 Å². The van der Waals surface area contributed by atoms with Gasteiger partial charge in [0.05, 0.1) is 6.04 Å². The Balaban J connectivity index is 2.37. The van der Waals surface area contributed by atoms with E-state index in [0.29, 0.717) is 0 Å². The average Bonchev–Trinajstić information content (AvgIpc) is 2.91. The third kappa shape index (κ3) is 2.31. The molecule has 2 rings (SSSR count). The predicted molar refractivity (Wildman–Crippen MR) is 77.0 cm³/mol. The van der Waals surface area contributed by atoms with Gasteiger partial charge in [0.25, 0.3) is 0 Å². The summed E-state index contributed by atoms with van der Waals surface area (Å²) < 4.78 is 1.17. The van der Waals surface area contributed by atoms with E-state index in [4.69, 9.17) is 5.84 Å². The molecule has 1 aromatic rings. The summed E-state index contributed by atoms with van der Waals surface area (Å²) >= 11 is 5.34. The molecular weight excluding hydrogens is 298 g/mol. The van der Waals surface area contributed by atoms with Crippen LogP contribution in [0.5, 0.6) is 0 Å². The Labute approximate surface area is 115 Å². The Morgan fingerprint density at radius 3 is 2.47 bits per heavy atom. The van der Waals surface area contributed by atoms with Crippen molar-refractivity contribution >= 4 is 27.3 Å². The molecule has 0 radical (unpaired) electrons. The van der Waals surface area contributed by atoms with Crippen LogP contribution in [0.4, 0.5) is 0 Å². The zero-order valence-electron chi connectivity index (χ0n) is 10.4. The molecule has 0 aliphatic heterocycles. The van der Waals surface area contributed by atoms with E-state index in [1.807, 2.05) is 0 Å². The number of nitrogens with one attached hydrogen (secondary N) is 1. The second-order valence-electron chi connectivity index (χ2n) is 4.98. The van der Waals surface area contributed by atoms with Gasteiger partial charge in [-0.3, -0.25) is 11.3 Å². The number of halogens is 1. The highest BCUT2D eigenvalue weighted by Gasteiger charge is 2.44. The second-order valence-corrected chi connectivity index (χ2v) is 6.58. The summed E-state index contributed by atoms with van der Waals surface area (Å²) in [5.74, 6) is 5.84.